The van der Waals surface area contributed by atoms with Crippen LogP contribution < -0.4 is 0 Å². The Labute approximate surface area is 113 Å². The van der Waals surface area contributed by atoms with Crippen LogP contribution in [0.3, 0.4) is 0 Å². The summed E-state index contributed by atoms with van der Waals surface area (Å²) < 4.78 is 20.3. The summed E-state index contributed by atoms with van der Waals surface area (Å²) in [4.78, 5) is 4.35. The lowest BCUT2D eigenvalue weighted by molar-refractivity contribution is 0.409. The Balaban J connectivity index is 2.17. The highest BCUT2D eigenvalue weighted by Gasteiger charge is 2.13. The van der Waals surface area contributed by atoms with Gasteiger partial charge in [0.05, 0.1) is 23.5 Å². The van der Waals surface area contributed by atoms with Gasteiger partial charge in [0.2, 0.25) is 0 Å². The summed E-state index contributed by atoms with van der Waals surface area (Å²) in [7, 11) is 0. The number of fused-ring (bicyclic) bond motifs is 1. The van der Waals surface area contributed by atoms with Gasteiger partial charge in [0.15, 0.2) is 0 Å². The van der Waals surface area contributed by atoms with Gasteiger partial charge >= 0.3 is 0 Å². The predicted octanol–water partition coefficient (Wildman–Crippen LogP) is 3.26. The summed E-state index contributed by atoms with van der Waals surface area (Å²) in [5, 5.41) is 3.87. The first-order chi connectivity index (χ1) is 9.19. The Morgan fingerprint density at radius 3 is 2.95 bits per heavy atom. The van der Waals surface area contributed by atoms with Gasteiger partial charge in [0.25, 0.3) is 0 Å². The summed E-state index contributed by atoms with van der Waals surface area (Å²) in [6.07, 6.45) is 1.51. The topological polar surface area (TPSA) is 43.9 Å². The van der Waals surface area contributed by atoms with Gasteiger partial charge in [-0.3, -0.25) is 0 Å². The summed E-state index contributed by atoms with van der Waals surface area (Å²) in [6, 6.07) is 4.98. The van der Waals surface area contributed by atoms with Crippen molar-refractivity contribution < 1.29 is 8.91 Å². The van der Waals surface area contributed by atoms with Gasteiger partial charge in [-0.05, 0) is 18.6 Å². The smallest absolute Gasteiger partial charge is 0.128 e. The van der Waals surface area contributed by atoms with Gasteiger partial charge in [-0.2, -0.15) is 0 Å². The van der Waals surface area contributed by atoms with Crippen LogP contribution in [0.1, 0.15) is 17.1 Å². The third kappa shape index (κ3) is 2.10. The van der Waals surface area contributed by atoms with Crippen LogP contribution in [0, 0.1) is 12.7 Å². The van der Waals surface area contributed by atoms with E-state index >= 15 is 0 Å². The standard InChI is InChI=1S/C13H11ClFN3O/c1-8-4-12-11(5-10(8)15)16-13(6-14)18(12)7-9-2-3-19-17-9/h2-5H,6-7H2,1H3. The number of benzene rings is 1. The lowest BCUT2D eigenvalue weighted by Gasteiger charge is -2.05. The Bertz CT molecular complexity index is 721. The van der Waals surface area contributed by atoms with Crippen LogP contribution in [0.5, 0.6) is 0 Å². The molecule has 0 radical (unpaired) electrons. The lowest BCUT2D eigenvalue weighted by Crippen LogP contribution is -2.04. The van der Waals surface area contributed by atoms with Gasteiger partial charge in [0.1, 0.15) is 23.6 Å². The largest absolute Gasteiger partial charge is 0.364 e. The molecule has 0 atom stereocenters. The second-order valence-corrected chi connectivity index (χ2v) is 4.60. The normalized spacial score (nSPS) is 11.3. The average Bonchev–Trinajstić information content (AvgIpc) is 3.00. The Hall–Kier alpha value is -1.88. The van der Waals surface area contributed by atoms with Gasteiger partial charge in [-0.1, -0.05) is 5.16 Å². The van der Waals surface area contributed by atoms with Gasteiger partial charge in [-0.15, -0.1) is 11.6 Å². The molecule has 98 valence electrons. The first-order valence-electron chi connectivity index (χ1n) is 5.79. The number of nitrogens with zero attached hydrogens (tertiary/aromatic N) is 3. The second kappa shape index (κ2) is 4.66. The molecule has 3 aromatic rings. The van der Waals surface area contributed by atoms with E-state index in [1.54, 1.807) is 19.1 Å². The van der Waals surface area contributed by atoms with E-state index in [2.05, 4.69) is 10.1 Å². The maximum atomic E-state index is 13.6. The van der Waals surface area contributed by atoms with Crippen molar-refractivity contribution in [3.8, 4) is 0 Å². The Morgan fingerprint density at radius 1 is 1.42 bits per heavy atom. The number of aromatic nitrogens is 3. The van der Waals surface area contributed by atoms with Gasteiger partial charge in [0, 0.05) is 12.1 Å². The number of aryl methyl sites for hydroxylation is 1. The molecule has 3 rings (SSSR count). The summed E-state index contributed by atoms with van der Waals surface area (Å²) in [5.74, 6) is 0.678. The van der Waals surface area contributed by atoms with E-state index in [0.717, 1.165) is 11.2 Å². The van der Waals surface area contributed by atoms with E-state index in [9.17, 15) is 4.39 Å². The molecular formula is C13H11ClFN3O. The zero-order chi connectivity index (χ0) is 13.4. The van der Waals surface area contributed by atoms with Crippen molar-refractivity contribution in [2.45, 2.75) is 19.3 Å². The van der Waals surface area contributed by atoms with E-state index in [-0.39, 0.29) is 11.7 Å². The SMILES string of the molecule is Cc1cc2c(cc1F)nc(CCl)n2Cc1ccon1. The second-order valence-electron chi connectivity index (χ2n) is 4.33. The number of imidazole rings is 1. The molecule has 0 unspecified atom stereocenters. The summed E-state index contributed by atoms with van der Waals surface area (Å²) in [6.45, 7) is 2.22. The van der Waals surface area contributed by atoms with Gasteiger partial charge < -0.3 is 9.09 Å². The Kier molecular flexibility index (Phi) is 2.98. The molecule has 0 bridgehead atoms. The fourth-order valence-corrected chi connectivity index (χ4v) is 2.26. The first-order valence-corrected chi connectivity index (χ1v) is 6.33. The number of hydrogen-bond donors (Lipinski definition) is 0. The third-order valence-electron chi connectivity index (χ3n) is 3.04. The molecule has 0 saturated heterocycles. The molecule has 0 fully saturated rings. The predicted molar refractivity (Wildman–Crippen MR) is 69.6 cm³/mol. The zero-order valence-electron chi connectivity index (χ0n) is 10.2. The minimum absolute atomic E-state index is 0.257. The molecule has 4 nitrogen and oxygen atoms in total. The number of halogens is 2. The van der Waals surface area contributed by atoms with Crippen molar-refractivity contribution >= 4 is 22.6 Å². The molecule has 0 amide bonds. The van der Waals surface area contributed by atoms with Crippen LogP contribution >= 0.6 is 11.6 Å². The van der Waals surface area contributed by atoms with Gasteiger partial charge in [-0.25, -0.2) is 9.37 Å². The fraction of sp³-hybridized carbons (Fsp3) is 0.231. The van der Waals surface area contributed by atoms with E-state index in [1.165, 1.54) is 12.3 Å². The maximum absolute atomic E-state index is 13.6. The molecule has 0 N–H and O–H groups in total. The van der Waals surface area contributed by atoms with Crippen LogP contribution in [0.25, 0.3) is 11.0 Å². The van der Waals surface area contributed by atoms with E-state index in [1.807, 2.05) is 4.57 Å². The lowest BCUT2D eigenvalue weighted by atomic mass is 10.2. The van der Waals surface area contributed by atoms with Crippen LogP contribution in [-0.2, 0) is 12.4 Å². The molecule has 0 aliphatic rings. The number of rotatable bonds is 3. The molecule has 19 heavy (non-hydrogen) atoms. The minimum Gasteiger partial charge on any atom is -0.364 e. The molecule has 2 aromatic heterocycles. The highest BCUT2D eigenvalue weighted by Crippen LogP contribution is 2.22. The van der Waals surface area contributed by atoms with Crippen LogP contribution in [0.2, 0.25) is 0 Å². The molecule has 0 saturated carbocycles. The molecule has 1 aromatic carbocycles. The highest BCUT2D eigenvalue weighted by atomic mass is 35.5. The first kappa shape index (κ1) is 12.2. The minimum atomic E-state index is -0.264. The zero-order valence-corrected chi connectivity index (χ0v) is 11.0. The van der Waals surface area contributed by atoms with Crippen LogP contribution in [-0.4, -0.2) is 14.7 Å². The van der Waals surface area contributed by atoms with Crippen molar-refractivity contribution in [2.24, 2.45) is 0 Å². The van der Waals surface area contributed by atoms with Crippen molar-refractivity contribution in [3.63, 3.8) is 0 Å². The molecular weight excluding hydrogens is 269 g/mol. The van der Waals surface area contributed by atoms with Crippen molar-refractivity contribution in [1.29, 1.82) is 0 Å². The van der Waals surface area contributed by atoms with E-state index in [4.69, 9.17) is 16.1 Å². The summed E-state index contributed by atoms with van der Waals surface area (Å²) in [5.41, 5.74) is 2.79. The fourth-order valence-electron chi connectivity index (χ4n) is 2.06. The monoisotopic (exact) mass is 279 g/mol. The quantitative estimate of drug-likeness (QED) is 0.691. The van der Waals surface area contributed by atoms with Crippen molar-refractivity contribution in [2.75, 3.05) is 0 Å². The Morgan fingerprint density at radius 2 is 2.26 bits per heavy atom. The molecule has 0 spiro atoms. The van der Waals surface area contributed by atoms with Crippen molar-refractivity contribution in [1.82, 2.24) is 14.7 Å². The highest BCUT2D eigenvalue weighted by molar-refractivity contribution is 6.16. The number of alkyl halides is 1. The maximum Gasteiger partial charge on any atom is 0.128 e. The molecule has 0 aliphatic carbocycles. The van der Waals surface area contributed by atoms with Crippen LogP contribution in [0.15, 0.2) is 29.0 Å². The summed E-state index contributed by atoms with van der Waals surface area (Å²) >= 11 is 5.90. The molecule has 2 heterocycles. The van der Waals surface area contributed by atoms with Crippen molar-refractivity contribution in [3.05, 3.63) is 47.4 Å². The molecule has 6 heteroatoms. The number of hydrogen-bond acceptors (Lipinski definition) is 3. The van der Waals surface area contributed by atoms with E-state index in [0.29, 0.717) is 23.4 Å². The average molecular weight is 280 g/mol. The third-order valence-corrected chi connectivity index (χ3v) is 3.28. The molecule has 0 aliphatic heterocycles. The van der Waals surface area contributed by atoms with Crippen LogP contribution in [0.4, 0.5) is 4.39 Å². The van der Waals surface area contributed by atoms with E-state index < -0.39 is 0 Å².